The predicted octanol–water partition coefficient (Wildman–Crippen LogP) is 4.63. The third-order valence-corrected chi connectivity index (χ3v) is 3.98. The Morgan fingerprint density at radius 1 is 1.16 bits per heavy atom. The molecule has 0 bridgehead atoms. The molecule has 4 nitrogen and oxygen atoms in total. The fraction of sp³-hybridized carbons (Fsp3) is 0.263. The Morgan fingerprint density at radius 2 is 1.88 bits per heavy atom. The van der Waals surface area contributed by atoms with Crippen molar-refractivity contribution in [2.24, 2.45) is 0 Å². The minimum atomic E-state index is -0.137. The molecule has 6 heteroatoms. The monoisotopic (exact) mass is 376 g/mol. The van der Waals surface area contributed by atoms with Gasteiger partial charge in [0.15, 0.2) is 5.11 Å². The third-order valence-electron chi connectivity index (χ3n) is 3.52. The number of hydrogen-bond donors (Lipinski definition) is 2. The molecule has 0 spiro atoms. The van der Waals surface area contributed by atoms with Crippen LogP contribution in [0.3, 0.4) is 0 Å². The predicted molar refractivity (Wildman–Crippen MR) is 106 cm³/mol. The molecule has 0 fully saturated rings. The lowest BCUT2D eigenvalue weighted by atomic mass is 10.1. The molecular weight excluding hydrogens is 356 g/mol. The van der Waals surface area contributed by atoms with Gasteiger partial charge in [-0.2, -0.15) is 0 Å². The van der Waals surface area contributed by atoms with Crippen LogP contribution in [0.1, 0.15) is 24.0 Å². The van der Waals surface area contributed by atoms with E-state index in [-0.39, 0.29) is 5.91 Å². The van der Waals surface area contributed by atoms with Gasteiger partial charge in [-0.25, -0.2) is 0 Å². The average Bonchev–Trinajstić information content (AvgIpc) is 2.56. The molecular formula is C19H21ClN2O2S. The SMILES string of the molecule is Cc1ccc(C)c(NC(=S)NC(=O)CCCOc2ccc(Cl)cc2)c1. The molecule has 1 amide bonds. The van der Waals surface area contributed by atoms with Gasteiger partial charge in [-0.3, -0.25) is 4.79 Å². The minimum Gasteiger partial charge on any atom is -0.494 e. The molecule has 0 heterocycles. The topological polar surface area (TPSA) is 50.4 Å². The molecule has 0 aliphatic heterocycles. The first-order valence-electron chi connectivity index (χ1n) is 8.00. The molecule has 0 aliphatic carbocycles. The summed E-state index contributed by atoms with van der Waals surface area (Å²) in [6.45, 7) is 4.44. The van der Waals surface area contributed by atoms with Crippen LogP contribution in [0.5, 0.6) is 5.75 Å². The molecule has 132 valence electrons. The second-order valence-corrected chi connectivity index (χ2v) is 6.57. The first kappa shape index (κ1) is 19.2. The van der Waals surface area contributed by atoms with Crippen LogP contribution in [-0.2, 0) is 4.79 Å². The van der Waals surface area contributed by atoms with Crippen LogP contribution in [-0.4, -0.2) is 17.6 Å². The first-order chi connectivity index (χ1) is 11.9. The highest BCUT2D eigenvalue weighted by Crippen LogP contribution is 2.17. The zero-order valence-corrected chi connectivity index (χ0v) is 15.8. The number of hydrogen-bond acceptors (Lipinski definition) is 3. The van der Waals surface area contributed by atoms with Gasteiger partial charge in [0.25, 0.3) is 0 Å². The highest BCUT2D eigenvalue weighted by Gasteiger charge is 2.07. The van der Waals surface area contributed by atoms with Crippen molar-refractivity contribution in [3.63, 3.8) is 0 Å². The van der Waals surface area contributed by atoms with Gasteiger partial charge in [-0.05, 0) is 73.9 Å². The molecule has 0 unspecified atom stereocenters. The lowest BCUT2D eigenvalue weighted by molar-refractivity contribution is -0.119. The fourth-order valence-corrected chi connectivity index (χ4v) is 2.52. The van der Waals surface area contributed by atoms with Crippen molar-refractivity contribution in [2.45, 2.75) is 26.7 Å². The highest BCUT2D eigenvalue weighted by atomic mass is 35.5. The summed E-state index contributed by atoms with van der Waals surface area (Å²) in [6.07, 6.45) is 0.933. The number of halogens is 1. The number of rotatable bonds is 6. The quantitative estimate of drug-likeness (QED) is 0.570. The van der Waals surface area contributed by atoms with E-state index in [1.54, 1.807) is 24.3 Å². The van der Waals surface area contributed by atoms with Gasteiger partial charge in [-0.1, -0.05) is 23.7 Å². The zero-order valence-electron chi connectivity index (χ0n) is 14.3. The van der Waals surface area contributed by atoms with Gasteiger partial charge in [0, 0.05) is 17.1 Å². The van der Waals surface area contributed by atoms with Crippen molar-refractivity contribution in [3.05, 3.63) is 58.6 Å². The number of carbonyl (C=O) groups is 1. The second-order valence-electron chi connectivity index (χ2n) is 5.73. The summed E-state index contributed by atoms with van der Waals surface area (Å²) in [6, 6.07) is 13.2. The number of benzene rings is 2. The van der Waals surface area contributed by atoms with Crippen LogP contribution in [0.2, 0.25) is 5.02 Å². The van der Waals surface area contributed by atoms with E-state index in [9.17, 15) is 4.79 Å². The standard InChI is InChI=1S/C19H21ClN2O2S/c1-13-5-6-14(2)17(12-13)21-19(25)22-18(23)4-3-11-24-16-9-7-15(20)8-10-16/h5-10,12H,3-4,11H2,1-2H3,(H2,21,22,23,25). The maximum atomic E-state index is 11.9. The maximum Gasteiger partial charge on any atom is 0.226 e. The lowest BCUT2D eigenvalue weighted by Crippen LogP contribution is -2.34. The maximum absolute atomic E-state index is 11.9. The van der Waals surface area contributed by atoms with Gasteiger partial charge in [0.1, 0.15) is 5.75 Å². The Balaban J connectivity index is 1.70. The molecule has 0 saturated carbocycles. The average molecular weight is 377 g/mol. The molecule has 0 radical (unpaired) electrons. The van der Waals surface area contributed by atoms with Gasteiger partial charge in [-0.15, -0.1) is 0 Å². The summed E-state index contributed by atoms with van der Waals surface area (Å²) in [5.41, 5.74) is 3.09. The summed E-state index contributed by atoms with van der Waals surface area (Å²) in [4.78, 5) is 11.9. The van der Waals surface area contributed by atoms with Gasteiger partial charge >= 0.3 is 0 Å². The van der Waals surface area contributed by atoms with Crippen LogP contribution >= 0.6 is 23.8 Å². The number of thiocarbonyl (C=S) groups is 1. The van der Waals surface area contributed by atoms with Crippen molar-refractivity contribution >= 4 is 40.5 Å². The van der Waals surface area contributed by atoms with Gasteiger partial charge in [0.2, 0.25) is 5.91 Å². The Hall–Kier alpha value is -2.11. The van der Waals surface area contributed by atoms with Gasteiger partial charge < -0.3 is 15.4 Å². The van der Waals surface area contributed by atoms with Crippen LogP contribution in [0.15, 0.2) is 42.5 Å². The zero-order chi connectivity index (χ0) is 18.2. The smallest absolute Gasteiger partial charge is 0.226 e. The lowest BCUT2D eigenvalue weighted by Gasteiger charge is -2.12. The molecule has 0 saturated heterocycles. The number of ether oxygens (including phenoxy) is 1. The van der Waals surface area contributed by atoms with Crippen molar-refractivity contribution in [2.75, 3.05) is 11.9 Å². The van der Waals surface area contributed by atoms with Crippen LogP contribution in [0.25, 0.3) is 0 Å². The summed E-state index contributed by atoms with van der Waals surface area (Å²) in [5.74, 6) is 0.597. The Kier molecular flexibility index (Phi) is 7.22. The number of aryl methyl sites for hydroxylation is 2. The van der Waals surface area contributed by atoms with Crippen molar-refractivity contribution < 1.29 is 9.53 Å². The van der Waals surface area contributed by atoms with E-state index in [1.165, 1.54) is 0 Å². The molecule has 0 atom stereocenters. The summed E-state index contributed by atoms with van der Waals surface area (Å²) in [5, 5.41) is 6.72. The molecule has 2 aromatic rings. The highest BCUT2D eigenvalue weighted by molar-refractivity contribution is 7.80. The third kappa shape index (κ3) is 6.72. The summed E-state index contributed by atoms with van der Waals surface area (Å²) < 4.78 is 5.55. The number of nitrogens with one attached hydrogen (secondary N) is 2. The molecule has 2 aromatic carbocycles. The Morgan fingerprint density at radius 3 is 2.60 bits per heavy atom. The molecule has 2 rings (SSSR count). The Labute approximate surface area is 158 Å². The van der Waals surface area contributed by atoms with Crippen molar-refractivity contribution in [1.82, 2.24) is 5.32 Å². The van der Waals surface area contributed by atoms with Gasteiger partial charge in [0.05, 0.1) is 6.61 Å². The van der Waals surface area contributed by atoms with E-state index in [0.29, 0.717) is 29.6 Å². The largest absolute Gasteiger partial charge is 0.494 e. The fourth-order valence-electron chi connectivity index (χ4n) is 2.17. The van der Waals surface area contributed by atoms with Crippen LogP contribution in [0.4, 0.5) is 5.69 Å². The van der Waals surface area contributed by atoms with E-state index in [1.807, 2.05) is 32.0 Å². The number of carbonyl (C=O) groups excluding carboxylic acids is 1. The Bertz CT molecular complexity index is 748. The van der Waals surface area contributed by atoms with E-state index in [0.717, 1.165) is 22.6 Å². The van der Waals surface area contributed by atoms with Crippen molar-refractivity contribution in [1.29, 1.82) is 0 Å². The number of amides is 1. The minimum absolute atomic E-state index is 0.137. The van der Waals surface area contributed by atoms with Crippen molar-refractivity contribution in [3.8, 4) is 5.75 Å². The van der Waals surface area contributed by atoms with E-state index >= 15 is 0 Å². The molecule has 0 aliphatic rings. The molecule has 0 aromatic heterocycles. The summed E-state index contributed by atoms with van der Waals surface area (Å²) >= 11 is 11.0. The van der Waals surface area contributed by atoms with Crippen LogP contribution < -0.4 is 15.4 Å². The second kappa shape index (κ2) is 9.39. The normalized spacial score (nSPS) is 10.2. The first-order valence-corrected chi connectivity index (χ1v) is 8.79. The van der Waals surface area contributed by atoms with E-state index < -0.39 is 0 Å². The van der Waals surface area contributed by atoms with E-state index in [4.69, 9.17) is 28.6 Å². The van der Waals surface area contributed by atoms with Crippen LogP contribution in [0, 0.1) is 13.8 Å². The summed E-state index contributed by atoms with van der Waals surface area (Å²) in [7, 11) is 0. The molecule has 2 N–H and O–H groups in total. The molecule has 25 heavy (non-hydrogen) atoms. The van der Waals surface area contributed by atoms with E-state index in [2.05, 4.69) is 10.6 Å². The number of anilines is 1.